The van der Waals surface area contributed by atoms with Crippen LogP contribution in [-0.2, 0) is 0 Å². The Bertz CT molecular complexity index is 109. The highest BCUT2D eigenvalue weighted by Crippen LogP contribution is 2.22. The van der Waals surface area contributed by atoms with E-state index in [2.05, 4.69) is 34.6 Å². The van der Waals surface area contributed by atoms with Crippen molar-refractivity contribution in [2.45, 2.75) is 72.3 Å². The standard InChI is InChI=1S/C12H27N/c1-11(2,3)9-7-6-8-10-12(4,5)13/h6-10,13H2,1-5H3. The zero-order chi connectivity index (χ0) is 10.5. The summed E-state index contributed by atoms with van der Waals surface area (Å²) in [6, 6.07) is 0. The third kappa shape index (κ3) is 12.0. The fourth-order valence-electron chi connectivity index (χ4n) is 1.41. The van der Waals surface area contributed by atoms with Gasteiger partial charge in [-0.1, -0.05) is 40.0 Å². The molecule has 0 aromatic rings. The summed E-state index contributed by atoms with van der Waals surface area (Å²) in [6.45, 7) is 11.1. The van der Waals surface area contributed by atoms with E-state index >= 15 is 0 Å². The van der Waals surface area contributed by atoms with E-state index in [1.165, 1.54) is 25.7 Å². The molecule has 2 N–H and O–H groups in total. The summed E-state index contributed by atoms with van der Waals surface area (Å²) >= 11 is 0. The van der Waals surface area contributed by atoms with Crippen LogP contribution in [0.2, 0.25) is 0 Å². The number of unbranched alkanes of at least 4 members (excludes halogenated alkanes) is 2. The third-order valence-electron chi connectivity index (χ3n) is 2.25. The van der Waals surface area contributed by atoms with Crippen molar-refractivity contribution in [1.29, 1.82) is 0 Å². The van der Waals surface area contributed by atoms with Crippen molar-refractivity contribution >= 4 is 0 Å². The second-order valence-corrected chi connectivity index (χ2v) is 6.11. The van der Waals surface area contributed by atoms with Crippen LogP contribution >= 0.6 is 0 Å². The van der Waals surface area contributed by atoms with E-state index < -0.39 is 0 Å². The van der Waals surface area contributed by atoms with Gasteiger partial charge in [-0.2, -0.15) is 0 Å². The Balaban J connectivity index is 3.28. The lowest BCUT2D eigenvalue weighted by Gasteiger charge is -2.20. The van der Waals surface area contributed by atoms with Gasteiger partial charge in [0.15, 0.2) is 0 Å². The molecule has 0 atom stereocenters. The van der Waals surface area contributed by atoms with Crippen LogP contribution in [-0.4, -0.2) is 5.54 Å². The molecule has 0 amide bonds. The van der Waals surface area contributed by atoms with Crippen molar-refractivity contribution in [3.05, 3.63) is 0 Å². The van der Waals surface area contributed by atoms with E-state index in [4.69, 9.17) is 5.73 Å². The molecule has 0 aromatic carbocycles. The molecule has 0 bridgehead atoms. The van der Waals surface area contributed by atoms with Crippen molar-refractivity contribution in [2.75, 3.05) is 0 Å². The van der Waals surface area contributed by atoms with E-state index in [0.29, 0.717) is 5.41 Å². The number of hydrogen-bond acceptors (Lipinski definition) is 1. The maximum Gasteiger partial charge on any atom is 0.00970 e. The van der Waals surface area contributed by atoms with Crippen molar-refractivity contribution in [3.8, 4) is 0 Å². The Morgan fingerprint density at radius 1 is 0.769 bits per heavy atom. The fourth-order valence-corrected chi connectivity index (χ4v) is 1.41. The minimum absolute atomic E-state index is 0.0295. The Kier molecular flexibility index (Phi) is 4.98. The summed E-state index contributed by atoms with van der Waals surface area (Å²) in [5.74, 6) is 0. The van der Waals surface area contributed by atoms with Crippen molar-refractivity contribution in [3.63, 3.8) is 0 Å². The highest BCUT2D eigenvalue weighted by atomic mass is 14.7. The Labute approximate surface area is 84.1 Å². The topological polar surface area (TPSA) is 26.0 Å². The molecule has 0 rings (SSSR count). The largest absolute Gasteiger partial charge is 0.326 e. The fraction of sp³-hybridized carbons (Fsp3) is 1.00. The molecule has 0 aliphatic rings. The van der Waals surface area contributed by atoms with Gasteiger partial charge in [-0.25, -0.2) is 0 Å². The molecular formula is C12H27N. The zero-order valence-corrected chi connectivity index (χ0v) is 10.1. The van der Waals surface area contributed by atoms with Crippen LogP contribution in [0.25, 0.3) is 0 Å². The average Bonchev–Trinajstić information content (AvgIpc) is 1.81. The minimum Gasteiger partial charge on any atom is -0.326 e. The zero-order valence-electron chi connectivity index (χ0n) is 10.1. The second-order valence-electron chi connectivity index (χ2n) is 6.11. The first-order chi connectivity index (χ1) is 5.71. The highest BCUT2D eigenvalue weighted by Gasteiger charge is 2.11. The van der Waals surface area contributed by atoms with Crippen LogP contribution in [0.4, 0.5) is 0 Å². The van der Waals surface area contributed by atoms with Gasteiger partial charge >= 0.3 is 0 Å². The number of hydrogen-bond donors (Lipinski definition) is 1. The molecule has 0 saturated heterocycles. The SMILES string of the molecule is CC(C)(C)CCCCCC(C)(C)N. The first kappa shape index (κ1) is 13.0. The lowest BCUT2D eigenvalue weighted by atomic mass is 9.88. The van der Waals surface area contributed by atoms with Gasteiger partial charge in [0, 0.05) is 5.54 Å². The van der Waals surface area contributed by atoms with Crippen LogP contribution in [0, 0.1) is 5.41 Å². The number of nitrogens with two attached hydrogens (primary N) is 1. The molecule has 0 saturated carbocycles. The molecule has 0 aromatic heterocycles. The molecule has 0 aliphatic heterocycles. The first-order valence-electron chi connectivity index (χ1n) is 5.50. The van der Waals surface area contributed by atoms with Gasteiger partial charge in [-0.15, -0.1) is 0 Å². The lowest BCUT2D eigenvalue weighted by molar-refractivity contribution is 0.350. The molecule has 13 heavy (non-hydrogen) atoms. The third-order valence-corrected chi connectivity index (χ3v) is 2.25. The van der Waals surface area contributed by atoms with Crippen LogP contribution in [0.5, 0.6) is 0 Å². The van der Waals surface area contributed by atoms with Gasteiger partial charge in [0.05, 0.1) is 0 Å². The van der Waals surface area contributed by atoms with Gasteiger partial charge in [0.1, 0.15) is 0 Å². The quantitative estimate of drug-likeness (QED) is 0.649. The molecule has 0 fully saturated rings. The lowest BCUT2D eigenvalue weighted by Crippen LogP contribution is -2.31. The van der Waals surface area contributed by atoms with Crippen molar-refractivity contribution < 1.29 is 0 Å². The van der Waals surface area contributed by atoms with Gasteiger partial charge < -0.3 is 5.73 Å². The molecule has 1 heteroatoms. The molecule has 0 heterocycles. The molecular weight excluding hydrogens is 158 g/mol. The van der Waals surface area contributed by atoms with Crippen LogP contribution in [0.1, 0.15) is 66.7 Å². The average molecular weight is 185 g/mol. The van der Waals surface area contributed by atoms with E-state index in [0.717, 1.165) is 6.42 Å². The summed E-state index contributed by atoms with van der Waals surface area (Å²) in [4.78, 5) is 0. The molecule has 80 valence electrons. The van der Waals surface area contributed by atoms with E-state index in [-0.39, 0.29) is 5.54 Å². The van der Waals surface area contributed by atoms with Crippen LogP contribution in [0.15, 0.2) is 0 Å². The molecule has 0 radical (unpaired) electrons. The first-order valence-corrected chi connectivity index (χ1v) is 5.50. The summed E-state index contributed by atoms with van der Waals surface area (Å²) in [5.41, 5.74) is 6.43. The minimum atomic E-state index is 0.0295. The second kappa shape index (κ2) is 4.99. The molecule has 1 nitrogen and oxygen atoms in total. The van der Waals surface area contributed by atoms with Crippen LogP contribution in [0.3, 0.4) is 0 Å². The Hall–Kier alpha value is -0.0400. The van der Waals surface area contributed by atoms with E-state index in [9.17, 15) is 0 Å². The predicted octanol–water partition coefficient (Wildman–Crippen LogP) is 3.72. The van der Waals surface area contributed by atoms with E-state index in [1.807, 2.05) is 0 Å². The van der Waals surface area contributed by atoms with Gasteiger partial charge in [-0.3, -0.25) is 0 Å². The van der Waals surface area contributed by atoms with Gasteiger partial charge in [-0.05, 0) is 32.1 Å². The van der Waals surface area contributed by atoms with Gasteiger partial charge in [0.2, 0.25) is 0 Å². The maximum absolute atomic E-state index is 5.90. The summed E-state index contributed by atoms with van der Waals surface area (Å²) in [6.07, 6.45) is 6.44. The Morgan fingerprint density at radius 3 is 1.62 bits per heavy atom. The maximum atomic E-state index is 5.90. The smallest absolute Gasteiger partial charge is 0.00970 e. The van der Waals surface area contributed by atoms with Crippen LogP contribution < -0.4 is 5.73 Å². The Morgan fingerprint density at radius 2 is 1.23 bits per heavy atom. The highest BCUT2D eigenvalue weighted by molar-refractivity contribution is 4.71. The van der Waals surface area contributed by atoms with E-state index in [1.54, 1.807) is 0 Å². The number of rotatable bonds is 5. The molecule has 0 spiro atoms. The summed E-state index contributed by atoms with van der Waals surface area (Å²) in [5, 5.41) is 0. The molecule has 0 unspecified atom stereocenters. The normalized spacial score (nSPS) is 13.4. The summed E-state index contributed by atoms with van der Waals surface area (Å²) in [7, 11) is 0. The summed E-state index contributed by atoms with van der Waals surface area (Å²) < 4.78 is 0. The molecule has 0 aliphatic carbocycles. The monoisotopic (exact) mass is 185 g/mol. The van der Waals surface area contributed by atoms with Crippen molar-refractivity contribution in [1.82, 2.24) is 0 Å². The van der Waals surface area contributed by atoms with Gasteiger partial charge in [0.25, 0.3) is 0 Å². The van der Waals surface area contributed by atoms with Crippen molar-refractivity contribution in [2.24, 2.45) is 11.1 Å². The predicted molar refractivity (Wildman–Crippen MR) is 60.8 cm³/mol.